The van der Waals surface area contributed by atoms with E-state index < -0.39 is 15.9 Å². The Morgan fingerprint density at radius 3 is 2.00 bits per heavy atom. The Bertz CT molecular complexity index is 1040. The molecule has 1 N–H and O–H groups in total. The quantitative estimate of drug-likeness (QED) is 0.680. The van der Waals surface area contributed by atoms with Gasteiger partial charge in [-0.1, -0.05) is 42.5 Å². The molecule has 28 heavy (non-hydrogen) atoms. The van der Waals surface area contributed by atoms with Gasteiger partial charge in [0, 0.05) is 11.9 Å². The van der Waals surface area contributed by atoms with Gasteiger partial charge in [0.15, 0.2) is 15.9 Å². The Morgan fingerprint density at radius 1 is 0.857 bits per heavy atom. The van der Waals surface area contributed by atoms with Crippen molar-refractivity contribution in [3.05, 3.63) is 78.9 Å². The van der Waals surface area contributed by atoms with Crippen molar-refractivity contribution in [2.75, 3.05) is 11.6 Å². The molecule has 3 rings (SSSR count). The number of nitrogens with one attached hydrogen (secondary N) is 1. The van der Waals surface area contributed by atoms with Crippen LogP contribution in [0.25, 0.3) is 11.1 Å². The first-order valence-corrected chi connectivity index (χ1v) is 10.7. The highest BCUT2D eigenvalue weighted by molar-refractivity contribution is 7.90. The molecule has 0 saturated carbocycles. The third-order valence-corrected chi connectivity index (χ3v) is 5.32. The van der Waals surface area contributed by atoms with E-state index in [0.717, 1.165) is 17.4 Å². The van der Waals surface area contributed by atoms with Gasteiger partial charge in [-0.3, -0.25) is 4.79 Å². The van der Waals surface area contributed by atoms with Crippen LogP contribution in [0.1, 0.15) is 6.92 Å². The maximum Gasteiger partial charge on any atom is 0.265 e. The Morgan fingerprint density at radius 2 is 1.43 bits per heavy atom. The van der Waals surface area contributed by atoms with E-state index in [2.05, 4.69) is 5.32 Å². The fourth-order valence-electron chi connectivity index (χ4n) is 2.64. The second-order valence-corrected chi connectivity index (χ2v) is 8.45. The van der Waals surface area contributed by atoms with Crippen molar-refractivity contribution in [2.45, 2.75) is 17.9 Å². The monoisotopic (exact) mass is 395 g/mol. The predicted molar refractivity (Wildman–Crippen MR) is 110 cm³/mol. The summed E-state index contributed by atoms with van der Waals surface area (Å²) in [5.74, 6) is 0.272. The molecular weight excluding hydrogens is 374 g/mol. The van der Waals surface area contributed by atoms with Crippen LogP contribution in [-0.4, -0.2) is 26.7 Å². The lowest BCUT2D eigenvalue weighted by Gasteiger charge is -2.15. The van der Waals surface area contributed by atoms with Gasteiger partial charge < -0.3 is 10.1 Å². The zero-order valence-electron chi connectivity index (χ0n) is 15.6. The minimum atomic E-state index is -3.27. The summed E-state index contributed by atoms with van der Waals surface area (Å²) in [7, 11) is -3.27. The zero-order chi connectivity index (χ0) is 20.1. The molecule has 3 aromatic carbocycles. The highest BCUT2D eigenvalue weighted by atomic mass is 32.2. The molecule has 0 spiro atoms. The van der Waals surface area contributed by atoms with E-state index in [0.29, 0.717) is 11.4 Å². The van der Waals surface area contributed by atoms with Crippen molar-refractivity contribution >= 4 is 21.4 Å². The van der Waals surface area contributed by atoms with Crippen molar-refractivity contribution in [1.29, 1.82) is 0 Å². The molecule has 6 heteroatoms. The highest BCUT2D eigenvalue weighted by Crippen LogP contribution is 2.23. The number of amides is 1. The minimum Gasteiger partial charge on any atom is -0.481 e. The first-order valence-electron chi connectivity index (χ1n) is 8.76. The molecule has 144 valence electrons. The van der Waals surface area contributed by atoms with Gasteiger partial charge in [0.2, 0.25) is 0 Å². The third kappa shape index (κ3) is 4.98. The van der Waals surface area contributed by atoms with Crippen molar-refractivity contribution in [1.82, 2.24) is 0 Å². The summed E-state index contributed by atoms with van der Waals surface area (Å²) in [5, 5.41) is 2.72. The average Bonchev–Trinajstić information content (AvgIpc) is 2.69. The predicted octanol–water partition coefficient (Wildman–Crippen LogP) is 4.16. The molecule has 0 aliphatic heterocycles. The smallest absolute Gasteiger partial charge is 0.265 e. The van der Waals surface area contributed by atoms with Crippen LogP contribution >= 0.6 is 0 Å². The van der Waals surface area contributed by atoms with Gasteiger partial charge in [0.05, 0.1) is 4.90 Å². The van der Waals surface area contributed by atoms with Crippen molar-refractivity contribution in [2.24, 2.45) is 0 Å². The first kappa shape index (κ1) is 19.6. The fourth-order valence-corrected chi connectivity index (χ4v) is 3.27. The molecule has 5 nitrogen and oxygen atoms in total. The Hall–Kier alpha value is -3.12. The van der Waals surface area contributed by atoms with E-state index in [1.54, 1.807) is 19.1 Å². The van der Waals surface area contributed by atoms with E-state index >= 15 is 0 Å². The number of hydrogen-bond acceptors (Lipinski definition) is 4. The molecule has 1 amide bonds. The number of rotatable bonds is 6. The summed E-state index contributed by atoms with van der Waals surface area (Å²) in [6.45, 7) is 1.66. The van der Waals surface area contributed by atoms with Gasteiger partial charge in [-0.05, 0) is 54.4 Å². The maximum atomic E-state index is 12.3. The standard InChI is InChI=1S/C22H21NO4S/c1-16(22(24)23-19-10-14-21(15-11-19)28(2,25)26)27-20-12-8-18(9-13-20)17-6-4-3-5-7-17/h3-16H,1-2H3,(H,23,24). The molecule has 0 saturated heterocycles. The molecule has 0 fully saturated rings. The first-order chi connectivity index (χ1) is 13.3. The lowest BCUT2D eigenvalue weighted by Crippen LogP contribution is -2.30. The fraction of sp³-hybridized carbons (Fsp3) is 0.136. The number of benzene rings is 3. The summed E-state index contributed by atoms with van der Waals surface area (Å²) < 4.78 is 28.7. The molecule has 3 aromatic rings. The molecule has 0 radical (unpaired) electrons. The number of sulfone groups is 1. The lowest BCUT2D eigenvalue weighted by atomic mass is 10.1. The van der Waals surface area contributed by atoms with Gasteiger partial charge in [0.25, 0.3) is 5.91 Å². The largest absolute Gasteiger partial charge is 0.481 e. The van der Waals surface area contributed by atoms with Crippen molar-refractivity contribution < 1.29 is 17.9 Å². The van der Waals surface area contributed by atoms with Crippen LogP contribution in [0.15, 0.2) is 83.8 Å². The van der Waals surface area contributed by atoms with Gasteiger partial charge in [-0.25, -0.2) is 8.42 Å². The summed E-state index contributed by atoms with van der Waals surface area (Å²) in [5.41, 5.74) is 2.68. The van der Waals surface area contributed by atoms with Crippen molar-refractivity contribution in [3.8, 4) is 16.9 Å². The Balaban J connectivity index is 1.61. The Kier molecular flexibility index (Phi) is 5.80. The van der Waals surface area contributed by atoms with Gasteiger partial charge in [-0.2, -0.15) is 0 Å². The number of ether oxygens (including phenoxy) is 1. The third-order valence-electron chi connectivity index (χ3n) is 4.19. The van der Waals surface area contributed by atoms with Crippen LogP contribution in [0, 0.1) is 0 Å². The number of hydrogen-bond donors (Lipinski definition) is 1. The normalized spacial score (nSPS) is 12.2. The number of carbonyl (C=O) groups excluding carboxylic acids is 1. The molecule has 0 aromatic heterocycles. The summed E-state index contributed by atoms with van der Waals surface area (Å²) in [4.78, 5) is 12.5. The topological polar surface area (TPSA) is 72.5 Å². The highest BCUT2D eigenvalue weighted by Gasteiger charge is 2.15. The summed E-state index contributed by atoms with van der Waals surface area (Å²) in [6, 6.07) is 23.5. The second-order valence-electron chi connectivity index (χ2n) is 6.44. The van der Waals surface area contributed by atoms with Crippen molar-refractivity contribution in [3.63, 3.8) is 0 Å². The van der Waals surface area contributed by atoms with Crippen LogP contribution < -0.4 is 10.1 Å². The molecule has 1 atom stereocenters. The molecule has 0 bridgehead atoms. The van der Waals surface area contributed by atoms with Gasteiger partial charge >= 0.3 is 0 Å². The zero-order valence-corrected chi connectivity index (χ0v) is 16.4. The number of carbonyl (C=O) groups is 1. The lowest BCUT2D eigenvalue weighted by molar-refractivity contribution is -0.122. The van der Waals surface area contributed by atoms with Crippen LogP contribution in [0.2, 0.25) is 0 Å². The average molecular weight is 395 g/mol. The van der Waals surface area contributed by atoms with Crippen LogP contribution in [-0.2, 0) is 14.6 Å². The van der Waals surface area contributed by atoms with E-state index in [-0.39, 0.29) is 10.8 Å². The van der Waals surface area contributed by atoms with Gasteiger partial charge in [0.1, 0.15) is 5.75 Å². The molecule has 0 aliphatic carbocycles. The minimum absolute atomic E-state index is 0.202. The van der Waals surface area contributed by atoms with E-state index in [4.69, 9.17) is 4.74 Å². The SMILES string of the molecule is CC(Oc1ccc(-c2ccccc2)cc1)C(=O)Nc1ccc(S(C)(=O)=O)cc1. The van der Waals surface area contributed by atoms with Crippen LogP contribution in [0.3, 0.4) is 0 Å². The van der Waals surface area contributed by atoms with Crippen LogP contribution in [0.5, 0.6) is 5.75 Å². The van der Waals surface area contributed by atoms with Crippen LogP contribution in [0.4, 0.5) is 5.69 Å². The van der Waals surface area contributed by atoms with Gasteiger partial charge in [-0.15, -0.1) is 0 Å². The van der Waals surface area contributed by atoms with E-state index in [9.17, 15) is 13.2 Å². The summed E-state index contributed by atoms with van der Waals surface area (Å²) >= 11 is 0. The maximum absolute atomic E-state index is 12.3. The van der Waals surface area contributed by atoms with E-state index in [1.165, 1.54) is 12.1 Å². The summed E-state index contributed by atoms with van der Waals surface area (Å²) in [6.07, 6.45) is 0.427. The molecule has 0 heterocycles. The Labute approximate surface area is 164 Å². The molecule has 1 unspecified atom stereocenters. The molecular formula is C22H21NO4S. The second kappa shape index (κ2) is 8.27. The molecule has 0 aliphatic rings. The number of anilines is 1. The van der Waals surface area contributed by atoms with E-state index in [1.807, 2.05) is 54.6 Å².